The molecule has 3 N–H and O–H groups in total. The van der Waals surface area contributed by atoms with Crippen LogP contribution in [0.4, 0.5) is 11.8 Å². The molecule has 3 rings (SSSR count). The predicted octanol–water partition coefficient (Wildman–Crippen LogP) is 2.01. The molecule has 0 saturated carbocycles. The van der Waals surface area contributed by atoms with Crippen LogP contribution in [-0.2, 0) is 0 Å². The molecular formula is C12H15ClN6. The second-order valence-electron chi connectivity index (χ2n) is 4.67. The Hall–Kier alpha value is -1.82. The van der Waals surface area contributed by atoms with Crippen molar-refractivity contribution in [1.82, 2.24) is 20.2 Å². The van der Waals surface area contributed by atoms with Crippen LogP contribution in [-0.4, -0.2) is 33.3 Å². The maximum Gasteiger partial charge on any atom is 0.222 e. The van der Waals surface area contributed by atoms with E-state index >= 15 is 0 Å². The Labute approximate surface area is 116 Å². The summed E-state index contributed by atoms with van der Waals surface area (Å²) >= 11 is 5.98. The van der Waals surface area contributed by atoms with Gasteiger partial charge in [0, 0.05) is 24.7 Å². The minimum atomic E-state index is 0.262. The number of aromatic amines is 1. The zero-order valence-corrected chi connectivity index (χ0v) is 11.4. The summed E-state index contributed by atoms with van der Waals surface area (Å²) in [7, 11) is 0. The highest BCUT2D eigenvalue weighted by atomic mass is 35.5. The van der Waals surface area contributed by atoms with Gasteiger partial charge in [-0.1, -0.05) is 11.6 Å². The highest BCUT2D eigenvalue weighted by Gasteiger charge is 2.18. The van der Waals surface area contributed by atoms with E-state index in [-0.39, 0.29) is 5.95 Å². The summed E-state index contributed by atoms with van der Waals surface area (Å²) in [5.74, 6) is 1.12. The zero-order chi connectivity index (χ0) is 13.4. The molecule has 1 saturated heterocycles. The van der Waals surface area contributed by atoms with Crippen molar-refractivity contribution in [2.24, 2.45) is 0 Å². The third-order valence-electron chi connectivity index (χ3n) is 3.35. The fourth-order valence-electron chi connectivity index (χ4n) is 2.31. The van der Waals surface area contributed by atoms with Crippen LogP contribution in [0.3, 0.4) is 0 Å². The lowest BCUT2D eigenvalue weighted by Crippen LogP contribution is -2.19. The molecule has 1 fully saturated rings. The van der Waals surface area contributed by atoms with Crippen molar-refractivity contribution in [2.75, 3.05) is 23.7 Å². The summed E-state index contributed by atoms with van der Waals surface area (Å²) in [5, 5.41) is 7.44. The lowest BCUT2D eigenvalue weighted by atomic mass is 10.2. The number of nitrogens with zero attached hydrogens (tertiary/aromatic N) is 4. The monoisotopic (exact) mass is 278 g/mol. The van der Waals surface area contributed by atoms with Crippen molar-refractivity contribution in [3.05, 3.63) is 16.8 Å². The number of halogens is 1. The van der Waals surface area contributed by atoms with Crippen LogP contribution in [0.2, 0.25) is 5.15 Å². The first-order valence-corrected chi connectivity index (χ1v) is 6.63. The third-order valence-corrected chi connectivity index (χ3v) is 3.72. The second kappa shape index (κ2) is 4.70. The Balaban J connectivity index is 2.04. The highest BCUT2D eigenvalue weighted by Crippen LogP contribution is 2.28. The average Bonchev–Trinajstić information content (AvgIpc) is 3.01. The van der Waals surface area contributed by atoms with Gasteiger partial charge in [0.1, 0.15) is 16.7 Å². The van der Waals surface area contributed by atoms with Gasteiger partial charge in [0.25, 0.3) is 0 Å². The molecule has 19 heavy (non-hydrogen) atoms. The number of nitrogen functional groups attached to an aromatic ring is 1. The lowest BCUT2D eigenvalue weighted by molar-refractivity contribution is 0.931. The van der Waals surface area contributed by atoms with E-state index in [9.17, 15) is 0 Å². The number of nitrogens with two attached hydrogens (primary N) is 1. The Kier molecular flexibility index (Phi) is 3.02. The minimum absolute atomic E-state index is 0.262. The number of H-pyrrole nitrogens is 1. The van der Waals surface area contributed by atoms with Crippen LogP contribution in [0.25, 0.3) is 11.4 Å². The van der Waals surface area contributed by atoms with Crippen molar-refractivity contribution >= 4 is 23.4 Å². The largest absolute Gasteiger partial charge is 0.368 e. The lowest BCUT2D eigenvalue weighted by Gasteiger charge is -2.16. The van der Waals surface area contributed by atoms with Gasteiger partial charge in [-0.25, -0.2) is 4.98 Å². The van der Waals surface area contributed by atoms with Crippen molar-refractivity contribution in [2.45, 2.75) is 19.8 Å². The second-order valence-corrected chi connectivity index (χ2v) is 5.05. The van der Waals surface area contributed by atoms with E-state index in [0.717, 1.165) is 30.2 Å². The first-order valence-electron chi connectivity index (χ1n) is 6.25. The van der Waals surface area contributed by atoms with Gasteiger partial charge in [0.2, 0.25) is 5.95 Å². The van der Waals surface area contributed by atoms with Crippen molar-refractivity contribution in [1.29, 1.82) is 0 Å². The van der Waals surface area contributed by atoms with Crippen molar-refractivity contribution in [3.8, 4) is 11.4 Å². The van der Waals surface area contributed by atoms with E-state index in [0.29, 0.717) is 10.8 Å². The summed E-state index contributed by atoms with van der Waals surface area (Å²) in [6.07, 6.45) is 2.37. The van der Waals surface area contributed by atoms with Crippen molar-refractivity contribution in [3.63, 3.8) is 0 Å². The molecule has 0 amide bonds. The molecule has 1 aliphatic rings. The Morgan fingerprint density at radius 3 is 2.68 bits per heavy atom. The van der Waals surface area contributed by atoms with E-state index in [1.807, 2.05) is 13.0 Å². The van der Waals surface area contributed by atoms with E-state index < -0.39 is 0 Å². The van der Waals surface area contributed by atoms with Crippen LogP contribution < -0.4 is 10.6 Å². The molecule has 1 aliphatic heterocycles. The summed E-state index contributed by atoms with van der Waals surface area (Å²) in [6, 6.07) is 1.92. The molecule has 3 heterocycles. The highest BCUT2D eigenvalue weighted by molar-refractivity contribution is 6.30. The number of nitrogens with one attached hydrogen (secondary N) is 1. The Bertz CT molecular complexity index is 602. The number of hydrogen-bond donors (Lipinski definition) is 2. The zero-order valence-electron chi connectivity index (χ0n) is 10.6. The predicted molar refractivity (Wildman–Crippen MR) is 75.2 cm³/mol. The average molecular weight is 279 g/mol. The number of aromatic nitrogens is 4. The molecule has 2 aromatic heterocycles. The summed E-state index contributed by atoms with van der Waals surface area (Å²) in [4.78, 5) is 10.8. The van der Waals surface area contributed by atoms with Crippen LogP contribution in [0.1, 0.15) is 18.4 Å². The maximum atomic E-state index is 5.98. The number of rotatable bonds is 2. The van der Waals surface area contributed by atoms with E-state index in [1.54, 1.807) is 0 Å². The van der Waals surface area contributed by atoms with E-state index in [1.165, 1.54) is 12.8 Å². The molecule has 6 nitrogen and oxygen atoms in total. The normalized spacial score (nSPS) is 15.2. The van der Waals surface area contributed by atoms with Crippen molar-refractivity contribution < 1.29 is 0 Å². The summed E-state index contributed by atoms with van der Waals surface area (Å²) in [6.45, 7) is 3.92. The molecule has 0 aliphatic carbocycles. The van der Waals surface area contributed by atoms with E-state index in [4.69, 9.17) is 17.3 Å². The molecule has 7 heteroatoms. The fraction of sp³-hybridized carbons (Fsp3) is 0.417. The van der Waals surface area contributed by atoms with Gasteiger partial charge in [0.15, 0.2) is 0 Å². The van der Waals surface area contributed by atoms with Gasteiger partial charge in [-0.3, -0.25) is 5.10 Å². The van der Waals surface area contributed by atoms with Crippen LogP contribution in [0.15, 0.2) is 6.07 Å². The van der Waals surface area contributed by atoms with Gasteiger partial charge in [-0.2, -0.15) is 10.1 Å². The molecule has 0 unspecified atom stereocenters. The molecule has 0 radical (unpaired) electrons. The first kappa shape index (κ1) is 12.2. The summed E-state index contributed by atoms with van der Waals surface area (Å²) in [5.41, 5.74) is 8.09. The van der Waals surface area contributed by atoms with Crippen LogP contribution in [0, 0.1) is 6.92 Å². The standard InChI is InChI=1S/C12H15ClN6/c1-7-10(17-18-11(7)13)8-6-9(16-12(14)15-8)19-4-2-3-5-19/h6H,2-5H2,1H3,(H,17,18)(H2,14,15,16). The van der Waals surface area contributed by atoms with Gasteiger partial charge >= 0.3 is 0 Å². The molecule has 0 aromatic carbocycles. The van der Waals surface area contributed by atoms with E-state index in [2.05, 4.69) is 25.1 Å². The van der Waals surface area contributed by atoms with Crippen LogP contribution >= 0.6 is 11.6 Å². The third kappa shape index (κ3) is 2.23. The maximum absolute atomic E-state index is 5.98. The molecule has 100 valence electrons. The van der Waals surface area contributed by atoms with Gasteiger partial charge in [-0.15, -0.1) is 0 Å². The quantitative estimate of drug-likeness (QED) is 0.878. The minimum Gasteiger partial charge on any atom is -0.368 e. The smallest absolute Gasteiger partial charge is 0.222 e. The SMILES string of the molecule is Cc1c(-c2cc(N3CCCC3)nc(N)n2)n[nH]c1Cl. The Morgan fingerprint density at radius 2 is 2.05 bits per heavy atom. The molecule has 0 atom stereocenters. The van der Waals surface area contributed by atoms with Crippen LogP contribution in [0.5, 0.6) is 0 Å². The topological polar surface area (TPSA) is 83.7 Å². The fourth-order valence-corrected chi connectivity index (χ4v) is 2.44. The van der Waals surface area contributed by atoms with Gasteiger partial charge < -0.3 is 10.6 Å². The summed E-state index contributed by atoms with van der Waals surface area (Å²) < 4.78 is 0. The first-order chi connectivity index (χ1) is 9.15. The molecular weight excluding hydrogens is 264 g/mol. The molecule has 2 aromatic rings. The number of hydrogen-bond acceptors (Lipinski definition) is 5. The molecule has 0 spiro atoms. The van der Waals surface area contributed by atoms with Gasteiger partial charge in [0.05, 0.1) is 5.69 Å². The van der Waals surface area contributed by atoms with Gasteiger partial charge in [-0.05, 0) is 19.8 Å². The Morgan fingerprint density at radius 1 is 1.32 bits per heavy atom. The number of anilines is 2. The molecule has 0 bridgehead atoms.